The molecule has 2 aromatic rings. The first-order valence-electron chi connectivity index (χ1n) is 5.58. The summed E-state index contributed by atoms with van der Waals surface area (Å²) < 4.78 is 0. The molecule has 0 N–H and O–H groups in total. The van der Waals surface area contributed by atoms with Crippen LogP contribution in [0.4, 0.5) is 0 Å². The molecule has 0 saturated carbocycles. The van der Waals surface area contributed by atoms with Gasteiger partial charge in [0.1, 0.15) is 5.52 Å². The Morgan fingerprint density at radius 1 is 0.938 bits per heavy atom. The molecule has 4 heteroatoms. The van der Waals surface area contributed by atoms with Crippen LogP contribution in [-0.4, -0.2) is 20.2 Å². The predicted molar refractivity (Wildman–Crippen MR) is 63.3 cm³/mol. The second-order valence-electron chi connectivity index (χ2n) is 4.54. The smallest absolute Gasteiger partial charge is 0.200 e. The summed E-state index contributed by atoms with van der Waals surface area (Å²) in [5, 5.41) is 7.84. The standard InChI is InChI=1S/C12H16N4/c1-7(2)10-11(8(3)4)15-12-9(14-10)5-6-13-16-12/h5-8H,1-4H3. The number of rotatable bonds is 2. The molecule has 0 atom stereocenters. The first kappa shape index (κ1) is 10.9. The van der Waals surface area contributed by atoms with Gasteiger partial charge in [0.2, 0.25) is 5.65 Å². The minimum Gasteiger partial charge on any atom is -0.247 e. The van der Waals surface area contributed by atoms with Gasteiger partial charge in [0, 0.05) is 0 Å². The molecular weight excluding hydrogens is 200 g/mol. The van der Waals surface area contributed by atoms with Crippen molar-refractivity contribution >= 4 is 11.2 Å². The van der Waals surface area contributed by atoms with E-state index in [1.54, 1.807) is 6.20 Å². The highest BCUT2D eigenvalue weighted by atomic mass is 15.1. The van der Waals surface area contributed by atoms with Crippen molar-refractivity contribution in [2.45, 2.75) is 39.5 Å². The van der Waals surface area contributed by atoms with Crippen molar-refractivity contribution < 1.29 is 0 Å². The van der Waals surface area contributed by atoms with E-state index in [4.69, 9.17) is 0 Å². The van der Waals surface area contributed by atoms with Gasteiger partial charge in [-0.05, 0) is 17.9 Å². The van der Waals surface area contributed by atoms with Crippen LogP contribution in [0, 0.1) is 0 Å². The average Bonchev–Trinajstić information content (AvgIpc) is 2.27. The number of aromatic nitrogens is 4. The van der Waals surface area contributed by atoms with E-state index >= 15 is 0 Å². The van der Waals surface area contributed by atoms with Crippen LogP contribution in [0.2, 0.25) is 0 Å². The zero-order chi connectivity index (χ0) is 11.7. The molecular formula is C12H16N4. The molecule has 2 heterocycles. The fraction of sp³-hybridized carbons (Fsp3) is 0.500. The van der Waals surface area contributed by atoms with Gasteiger partial charge in [-0.2, -0.15) is 5.10 Å². The fourth-order valence-corrected chi connectivity index (χ4v) is 1.69. The van der Waals surface area contributed by atoms with Crippen LogP contribution >= 0.6 is 0 Å². The summed E-state index contributed by atoms with van der Waals surface area (Å²) in [5.41, 5.74) is 3.55. The minimum atomic E-state index is 0.358. The molecule has 0 bridgehead atoms. The summed E-state index contributed by atoms with van der Waals surface area (Å²) in [6.45, 7) is 8.52. The zero-order valence-electron chi connectivity index (χ0n) is 10.1. The molecule has 2 aromatic heterocycles. The van der Waals surface area contributed by atoms with E-state index < -0.39 is 0 Å². The zero-order valence-corrected chi connectivity index (χ0v) is 10.1. The van der Waals surface area contributed by atoms with Gasteiger partial charge in [-0.1, -0.05) is 27.7 Å². The molecule has 0 aromatic carbocycles. The summed E-state index contributed by atoms with van der Waals surface area (Å²) >= 11 is 0. The minimum absolute atomic E-state index is 0.358. The van der Waals surface area contributed by atoms with Gasteiger partial charge in [0.15, 0.2) is 0 Å². The van der Waals surface area contributed by atoms with Gasteiger partial charge in [0.05, 0.1) is 17.6 Å². The number of fused-ring (bicyclic) bond motifs is 1. The molecule has 84 valence electrons. The highest BCUT2D eigenvalue weighted by molar-refractivity contribution is 5.68. The Morgan fingerprint density at radius 2 is 1.56 bits per heavy atom. The maximum Gasteiger partial charge on any atom is 0.200 e. The molecule has 0 aliphatic carbocycles. The van der Waals surface area contributed by atoms with Crippen molar-refractivity contribution in [1.29, 1.82) is 0 Å². The lowest BCUT2D eigenvalue weighted by Gasteiger charge is -2.13. The van der Waals surface area contributed by atoms with Crippen molar-refractivity contribution in [2.75, 3.05) is 0 Å². The third-order valence-corrected chi connectivity index (χ3v) is 2.50. The van der Waals surface area contributed by atoms with Crippen LogP contribution in [0.3, 0.4) is 0 Å². The van der Waals surface area contributed by atoms with Gasteiger partial charge in [-0.3, -0.25) is 0 Å². The molecule has 4 nitrogen and oxygen atoms in total. The lowest BCUT2D eigenvalue weighted by molar-refractivity contribution is 0.734. The largest absolute Gasteiger partial charge is 0.247 e. The summed E-state index contributed by atoms with van der Waals surface area (Å²) in [4.78, 5) is 9.19. The molecule has 16 heavy (non-hydrogen) atoms. The van der Waals surface area contributed by atoms with Gasteiger partial charge in [-0.15, -0.1) is 5.10 Å². The third kappa shape index (κ3) is 1.87. The van der Waals surface area contributed by atoms with Gasteiger partial charge in [-0.25, -0.2) is 9.97 Å². The number of nitrogens with zero attached hydrogens (tertiary/aromatic N) is 4. The molecule has 0 amide bonds. The molecule has 0 unspecified atom stereocenters. The third-order valence-electron chi connectivity index (χ3n) is 2.50. The second-order valence-corrected chi connectivity index (χ2v) is 4.54. The van der Waals surface area contributed by atoms with Crippen LogP contribution in [0.5, 0.6) is 0 Å². The van der Waals surface area contributed by atoms with Gasteiger partial charge in [0.25, 0.3) is 0 Å². The maximum absolute atomic E-state index is 4.63. The molecule has 0 saturated heterocycles. The first-order valence-corrected chi connectivity index (χ1v) is 5.58. The van der Waals surface area contributed by atoms with Gasteiger partial charge < -0.3 is 0 Å². The van der Waals surface area contributed by atoms with Crippen LogP contribution < -0.4 is 0 Å². The van der Waals surface area contributed by atoms with Crippen molar-refractivity contribution in [3.8, 4) is 0 Å². The number of hydrogen-bond acceptors (Lipinski definition) is 4. The second kappa shape index (κ2) is 4.12. The quantitative estimate of drug-likeness (QED) is 0.774. The van der Waals surface area contributed by atoms with Crippen molar-refractivity contribution in [3.05, 3.63) is 23.7 Å². The Bertz CT molecular complexity index is 459. The Labute approximate surface area is 95.1 Å². The van der Waals surface area contributed by atoms with Crippen LogP contribution in [0.25, 0.3) is 11.2 Å². The van der Waals surface area contributed by atoms with E-state index in [0.29, 0.717) is 17.5 Å². The Balaban J connectivity index is 2.71. The van der Waals surface area contributed by atoms with Crippen LogP contribution in [0.1, 0.15) is 50.9 Å². The van der Waals surface area contributed by atoms with E-state index in [1.807, 2.05) is 6.07 Å². The first-order chi connectivity index (χ1) is 7.59. The predicted octanol–water partition coefficient (Wildman–Crippen LogP) is 2.67. The molecule has 0 spiro atoms. The van der Waals surface area contributed by atoms with E-state index in [2.05, 4.69) is 47.9 Å². The lowest BCUT2D eigenvalue weighted by Crippen LogP contribution is -2.06. The van der Waals surface area contributed by atoms with Crippen molar-refractivity contribution in [3.63, 3.8) is 0 Å². The van der Waals surface area contributed by atoms with Gasteiger partial charge >= 0.3 is 0 Å². The van der Waals surface area contributed by atoms with E-state index in [0.717, 1.165) is 16.9 Å². The highest BCUT2D eigenvalue weighted by Crippen LogP contribution is 2.24. The normalized spacial score (nSPS) is 11.6. The Hall–Kier alpha value is -1.58. The molecule has 0 radical (unpaired) electrons. The van der Waals surface area contributed by atoms with E-state index in [9.17, 15) is 0 Å². The summed E-state index contributed by atoms with van der Waals surface area (Å²) in [6, 6.07) is 1.85. The summed E-state index contributed by atoms with van der Waals surface area (Å²) in [5.74, 6) is 0.735. The summed E-state index contributed by atoms with van der Waals surface area (Å²) in [6.07, 6.45) is 1.65. The van der Waals surface area contributed by atoms with Crippen molar-refractivity contribution in [1.82, 2.24) is 20.2 Å². The molecule has 0 aliphatic heterocycles. The summed E-state index contributed by atoms with van der Waals surface area (Å²) in [7, 11) is 0. The Kier molecular flexibility index (Phi) is 2.81. The average molecular weight is 216 g/mol. The van der Waals surface area contributed by atoms with Crippen LogP contribution in [-0.2, 0) is 0 Å². The molecule has 0 fully saturated rings. The number of hydrogen-bond donors (Lipinski definition) is 0. The van der Waals surface area contributed by atoms with Crippen LogP contribution in [0.15, 0.2) is 12.3 Å². The lowest BCUT2D eigenvalue weighted by atomic mass is 10.0. The maximum atomic E-state index is 4.63. The highest BCUT2D eigenvalue weighted by Gasteiger charge is 2.15. The SMILES string of the molecule is CC(C)c1nc2ccnnc2nc1C(C)C. The Morgan fingerprint density at radius 3 is 2.19 bits per heavy atom. The molecule has 2 rings (SSSR count). The van der Waals surface area contributed by atoms with E-state index in [-0.39, 0.29) is 0 Å². The topological polar surface area (TPSA) is 51.6 Å². The fourth-order valence-electron chi connectivity index (χ4n) is 1.69. The van der Waals surface area contributed by atoms with E-state index in [1.165, 1.54) is 0 Å². The molecule has 0 aliphatic rings. The monoisotopic (exact) mass is 216 g/mol. The van der Waals surface area contributed by atoms with Crippen molar-refractivity contribution in [2.24, 2.45) is 0 Å².